The first-order valence-corrected chi connectivity index (χ1v) is 12.1. The molecule has 38 heavy (non-hydrogen) atoms. The van der Waals surface area contributed by atoms with Gasteiger partial charge in [-0.3, -0.25) is 14.2 Å². The Kier molecular flexibility index (Phi) is 6.70. The Bertz CT molecular complexity index is 1700. The number of pyridine rings is 1. The van der Waals surface area contributed by atoms with Crippen LogP contribution in [0.1, 0.15) is 42.1 Å². The van der Waals surface area contributed by atoms with E-state index in [-0.39, 0.29) is 39.1 Å². The number of aromatic nitrogens is 3. The van der Waals surface area contributed by atoms with Crippen molar-refractivity contribution >= 4 is 28.5 Å². The predicted molar refractivity (Wildman–Crippen MR) is 133 cm³/mol. The molecule has 1 aliphatic rings. The van der Waals surface area contributed by atoms with Crippen molar-refractivity contribution in [2.24, 2.45) is 0 Å². The molecule has 1 aliphatic carbocycles. The molecule has 2 aromatic heterocycles. The van der Waals surface area contributed by atoms with Crippen LogP contribution in [0.3, 0.4) is 0 Å². The number of rotatable bonds is 4. The van der Waals surface area contributed by atoms with E-state index in [9.17, 15) is 32.7 Å². The van der Waals surface area contributed by atoms with Gasteiger partial charge in [0, 0.05) is 23.2 Å². The van der Waals surface area contributed by atoms with E-state index in [1.807, 2.05) is 0 Å². The number of fused-ring (bicyclic) bond motifs is 1. The molecule has 8 nitrogen and oxygen atoms in total. The minimum Gasteiger partial charge on any atom is -0.507 e. The molecule has 0 unspecified atom stereocenters. The van der Waals surface area contributed by atoms with Gasteiger partial charge in [-0.2, -0.15) is 0 Å². The van der Waals surface area contributed by atoms with Crippen molar-refractivity contribution in [1.82, 2.24) is 19.4 Å². The average Bonchev–Trinajstić information content (AvgIpc) is 2.87. The molecular formula is C26H20ClF3N4O4. The fourth-order valence-electron chi connectivity index (χ4n) is 4.80. The van der Waals surface area contributed by atoms with Crippen molar-refractivity contribution in [3.63, 3.8) is 0 Å². The highest BCUT2D eigenvalue weighted by molar-refractivity contribution is 6.30. The molecule has 0 aliphatic heterocycles. The molecule has 1 amide bonds. The third-order valence-corrected chi connectivity index (χ3v) is 6.89. The Hall–Kier alpha value is -4.12. The lowest BCUT2D eigenvalue weighted by molar-refractivity contribution is 0.0919. The number of halogens is 4. The van der Waals surface area contributed by atoms with Crippen LogP contribution in [0.4, 0.5) is 13.2 Å². The zero-order valence-electron chi connectivity index (χ0n) is 19.6. The third kappa shape index (κ3) is 4.65. The zero-order valence-corrected chi connectivity index (χ0v) is 20.4. The van der Waals surface area contributed by atoms with Crippen molar-refractivity contribution in [2.75, 3.05) is 0 Å². The van der Waals surface area contributed by atoms with Crippen molar-refractivity contribution in [2.45, 2.75) is 37.8 Å². The molecule has 1 fully saturated rings. The second kappa shape index (κ2) is 9.97. The Morgan fingerprint density at radius 2 is 1.74 bits per heavy atom. The summed E-state index contributed by atoms with van der Waals surface area (Å²) in [5.74, 6) is -3.87. The van der Waals surface area contributed by atoms with E-state index in [1.54, 1.807) is 0 Å². The number of nitrogens with zero attached hydrogens (tertiary/aromatic N) is 3. The maximum absolute atomic E-state index is 14.0. The SMILES string of the molecule is O=C(NC1CCC(n2c(=O)c3cc(F)cnc3n(-c3ccc(F)c(F)c3)c2=O)CC1)c1ccc(Cl)cc1O. The van der Waals surface area contributed by atoms with Gasteiger partial charge in [0.1, 0.15) is 11.6 Å². The Morgan fingerprint density at radius 3 is 2.42 bits per heavy atom. The summed E-state index contributed by atoms with van der Waals surface area (Å²) in [6, 6.07) is 7.00. The number of hydrogen-bond acceptors (Lipinski definition) is 5. The van der Waals surface area contributed by atoms with Gasteiger partial charge in [-0.1, -0.05) is 11.6 Å². The Morgan fingerprint density at radius 1 is 1.00 bits per heavy atom. The molecule has 0 spiro atoms. The van der Waals surface area contributed by atoms with Crippen molar-refractivity contribution in [3.05, 3.63) is 97.5 Å². The fraction of sp³-hybridized carbons (Fsp3) is 0.231. The van der Waals surface area contributed by atoms with Gasteiger partial charge in [-0.25, -0.2) is 27.5 Å². The van der Waals surface area contributed by atoms with Crippen molar-refractivity contribution in [3.8, 4) is 11.4 Å². The number of phenolic OH excluding ortho intramolecular Hbond substituents is 1. The van der Waals surface area contributed by atoms with Crippen LogP contribution in [0, 0.1) is 17.5 Å². The number of phenols is 1. The normalized spacial score (nSPS) is 17.5. The van der Waals surface area contributed by atoms with Gasteiger partial charge in [0.05, 0.1) is 22.8 Å². The highest BCUT2D eigenvalue weighted by Gasteiger charge is 2.28. The van der Waals surface area contributed by atoms with Crippen LogP contribution in [-0.4, -0.2) is 31.2 Å². The number of amides is 1. The zero-order chi connectivity index (χ0) is 27.1. The van der Waals surface area contributed by atoms with Gasteiger partial charge in [-0.05, 0) is 62.1 Å². The number of aromatic hydroxyl groups is 1. The minimum absolute atomic E-state index is 0.0613. The molecule has 2 heterocycles. The van der Waals surface area contributed by atoms with Gasteiger partial charge < -0.3 is 10.4 Å². The highest BCUT2D eigenvalue weighted by Crippen LogP contribution is 2.29. The van der Waals surface area contributed by atoms with Crippen LogP contribution >= 0.6 is 11.6 Å². The number of nitrogens with one attached hydrogen (secondary N) is 1. The lowest BCUT2D eigenvalue weighted by Crippen LogP contribution is -2.45. The van der Waals surface area contributed by atoms with Gasteiger partial charge in [0.2, 0.25) is 0 Å². The average molecular weight is 545 g/mol. The summed E-state index contributed by atoms with van der Waals surface area (Å²) in [7, 11) is 0. The monoisotopic (exact) mass is 544 g/mol. The summed E-state index contributed by atoms with van der Waals surface area (Å²) in [6.07, 6.45) is 2.27. The minimum atomic E-state index is -1.20. The fourth-order valence-corrected chi connectivity index (χ4v) is 4.97. The van der Waals surface area contributed by atoms with Crippen LogP contribution in [0.2, 0.25) is 5.02 Å². The van der Waals surface area contributed by atoms with E-state index in [0.29, 0.717) is 25.7 Å². The molecule has 5 rings (SSSR count). The molecule has 196 valence electrons. The number of carbonyl (C=O) groups excluding carboxylic acids is 1. The summed E-state index contributed by atoms with van der Waals surface area (Å²) in [4.78, 5) is 43.4. The standard InChI is InChI=1S/C26H20ClF3N4O4/c27-13-1-7-18(22(35)9-13)24(36)32-15-2-4-16(5-3-15)34-25(37)19-10-14(28)12-31-23(19)33(26(34)38)17-6-8-20(29)21(30)11-17/h1,6-12,15-16,35H,2-5H2,(H,32,36). The molecule has 0 atom stereocenters. The predicted octanol–water partition coefficient (Wildman–Crippen LogP) is 4.24. The van der Waals surface area contributed by atoms with Crippen molar-refractivity contribution in [1.29, 1.82) is 0 Å². The number of benzene rings is 2. The summed E-state index contributed by atoms with van der Waals surface area (Å²) >= 11 is 5.82. The molecule has 2 N–H and O–H groups in total. The molecule has 0 saturated heterocycles. The Labute approximate surface area is 217 Å². The second-order valence-corrected chi connectivity index (χ2v) is 9.49. The van der Waals surface area contributed by atoms with Crippen LogP contribution in [-0.2, 0) is 0 Å². The van der Waals surface area contributed by atoms with Gasteiger partial charge in [0.15, 0.2) is 17.3 Å². The molecule has 2 aromatic carbocycles. The number of hydrogen-bond donors (Lipinski definition) is 2. The van der Waals surface area contributed by atoms with Crippen LogP contribution in [0.15, 0.2) is 58.3 Å². The summed E-state index contributed by atoms with van der Waals surface area (Å²) < 4.78 is 43.5. The first-order valence-electron chi connectivity index (χ1n) is 11.7. The molecular weight excluding hydrogens is 525 g/mol. The lowest BCUT2D eigenvalue weighted by Gasteiger charge is -2.30. The van der Waals surface area contributed by atoms with Crippen LogP contribution in [0.5, 0.6) is 5.75 Å². The summed E-state index contributed by atoms with van der Waals surface area (Å²) in [6.45, 7) is 0. The second-order valence-electron chi connectivity index (χ2n) is 9.06. The number of carbonyl (C=O) groups is 1. The maximum Gasteiger partial charge on any atom is 0.337 e. The van der Waals surface area contributed by atoms with E-state index in [0.717, 1.165) is 39.6 Å². The first-order chi connectivity index (χ1) is 18.1. The van der Waals surface area contributed by atoms with Gasteiger partial charge in [-0.15, -0.1) is 0 Å². The first kappa shape index (κ1) is 25.5. The maximum atomic E-state index is 14.0. The summed E-state index contributed by atoms with van der Waals surface area (Å²) in [5.41, 5.74) is -1.78. The van der Waals surface area contributed by atoms with Gasteiger partial charge >= 0.3 is 5.69 Å². The summed E-state index contributed by atoms with van der Waals surface area (Å²) in [5, 5.41) is 12.9. The van der Waals surface area contributed by atoms with E-state index in [2.05, 4.69) is 10.3 Å². The van der Waals surface area contributed by atoms with Crippen LogP contribution in [0.25, 0.3) is 16.7 Å². The topological polar surface area (TPSA) is 106 Å². The van der Waals surface area contributed by atoms with E-state index in [4.69, 9.17) is 11.6 Å². The van der Waals surface area contributed by atoms with E-state index in [1.165, 1.54) is 18.2 Å². The molecule has 4 aromatic rings. The molecule has 0 bridgehead atoms. The van der Waals surface area contributed by atoms with Crippen LogP contribution < -0.4 is 16.6 Å². The van der Waals surface area contributed by atoms with Gasteiger partial charge in [0.25, 0.3) is 11.5 Å². The lowest BCUT2D eigenvalue weighted by atomic mass is 9.90. The molecule has 0 radical (unpaired) electrons. The van der Waals surface area contributed by atoms with E-state index < -0.39 is 40.6 Å². The largest absolute Gasteiger partial charge is 0.507 e. The third-order valence-electron chi connectivity index (χ3n) is 6.65. The molecule has 12 heteroatoms. The highest BCUT2D eigenvalue weighted by atomic mass is 35.5. The smallest absolute Gasteiger partial charge is 0.337 e. The molecule has 1 saturated carbocycles. The van der Waals surface area contributed by atoms with Crippen molar-refractivity contribution < 1.29 is 23.1 Å². The van der Waals surface area contributed by atoms with E-state index >= 15 is 0 Å². The quantitative estimate of drug-likeness (QED) is 0.400. The Balaban J connectivity index is 1.47.